The summed E-state index contributed by atoms with van der Waals surface area (Å²) in [4.78, 5) is 11.6. The molecule has 0 heterocycles. The molecule has 0 aliphatic rings. The number of anilines is 1. The van der Waals surface area contributed by atoms with Crippen molar-refractivity contribution >= 4 is 11.6 Å². The number of benzene rings is 1. The number of nitrogens with one attached hydrogen (secondary N) is 1. The molecule has 90 valence electrons. The lowest BCUT2D eigenvalue weighted by Gasteiger charge is -2.09. The normalized spacial score (nSPS) is 9.65. The number of hydrogen-bond acceptors (Lipinski definition) is 2. The van der Waals surface area contributed by atoms with Crippen LogP contribution in [0, 0.1) is 19.3 Å². The first-order valence-electron chi connectivity index (χ1n) is 5.67. The molecule has 0 fully saturated rings. The van der Waals surface area contributed by atoms with Crippen molar-refractivity contribution in [2.75, 3.05) is 5.32 Å². The van der Waals surface area contributed by atoms with E-state index in [2.05, 4.69) is 11.2 Å². The third-order valence-electron chi connectivity index (χ3n) is 2.55. The van der Waals surface area contributed by atoms with E-state index in [9.17, 15) is 9.90 Å². The van der Waals surface area contributed by atoms with E-state index >= 15 is 0 Å². The average molecular weight is 231 g/mol. The number of carbonyl (C=O) groups is 1. The van der Waals surface area contributed by atoms with E-state index in [1.54, 1.807) is 25.1 Å². The molecule has 0 saturated carbocycles. The molecule has 0 aliphatic carbocycles. The largest absolute Gasteiger partial charge is 0.508 e. The highest BCUT2D eigenvalue weighted by Gasteiger charge is 2.06. The number of phenolic OH excluding ortho intramolecular Hbond substituents is 1. The SMILES string of the molecule is C#CCCCCC(=O)Nc1cccc(O)c1C. The van der Waals surface area contributed by atoms with Gasteiger partial charge in [-0.2, -0.15) is 0 Å². The number of aromatic hydroxyl groups is 1. The first-order valence-corrected chi connectivity index (χ1v) is 5.67. The molecule has 1 aromatic carbocycles. The molecule has 17 heavy (non-hydrogen) atoms. The van der Waals surface area contributed by atoms with Crippen molar-refractivity contribution in [1.82, 2.24) is 0 Å². The van der Waals surface area contributed by atoms with Gasteiger partial charge in [0.15, 0.2) is 0 Å². The summed E-state index contributed by atoms with van der Waals surface area (Å²) in [5.41, 5.74) is 1.34. The van der Waals surface area contributed by atoms with Crippen LogP contribution >= 0.6 is 0 Å². The lowest BCUT2D eigenvalue weighted by molar-refractivity contribution is -0.116. The minimum atomic E-state index is -0.0456. The Morgan fingerprint density at radius 2 is 2.24 bits per heavy atom. The van der Waals surface area contributed by atoms with Gasteiger partial charge in [0.1, 0.15) is 5.75 Å². The number of hydrogen-bond donors (Lipinski definition) is 2. The van der Waals surface area contributed by atoms with Crippen LogP contribution in [0.2, 0.25) is 0 Å². The van der Waals surface area contributed by atoms with E-state index in [1.165, 1.54) is 0 Å². The topological polar surface area (TPSA) is 49.3 Å². The monoisotopic (exact) mass is 231 g/mol. The van der Waals surface area contributed by atoms with Crippen LogP contribution in [0.1, 0.15) is 31.2 Å². The highest BCUT2D eigenvalue weighted by Crippen LogP contribution is 2.23. The lowest BCUT2D eigenvalue weighted by Crippen LogP contribution is -2.11. The van der Waals surface area contributed by atoms with Crippen LogP contribution in [-0.2, 0) is 4.79 Å². The Labute approximate surface area is 102 Å². The van der Waals surface area contributed by atoms with Crippen molar-refractivity contribution in [1.29, 1.82) is 0 Å². The summed E-state index contributed by atoms with van der Waals surface area (Å²) in [6.07, 6.45) is 7.94. The summed E-state index contributed by atoms with van der Waals surface area (Å²) in [5, 5.41) is 12.3. The first kappa shape index (κ1) is 13.1. The predicted octanol–water partition coefficient (Wildman–Crippen LogP) is 2.83. The van der Waals surface area contributed by atoms with E-state index in [4.69, 9.17) is 6.42 Å². The standard InChI is InChI=1S/C14H17NO2/c1-3-4-5-6-10-14(17)15-12-8-7-9-13(16)11(12)2/h1,7-9,16H,4-6,10H2,2H3,(H,15,17). The minimum Gasteiger partial charge on any atom is -0.508 e. The van der Waals surface area contributed by atoms with Gasteiger partial charge in [-0.15, -0.1) is 12.3 Å². The van der Waals surface area contributed by atoms with Crippen LogP contribution < -0.4 is 5.32 Å². The van der Waals surface area contributed by atoms with Crippen molar-refractivity contribution in [3.05, 3.63) is 23.8 Å². The molecule has 0 saturated heterocycles. The molecule has 1 rings (SSSR count). The van der Waals surface area contributed by atoms with Crippen LogP contribution in [-0.4, -0.2) is 11.0 Å². The number of amides is 1. The Morgan fingerprint density at radius 1 is 1.47 bits per heavy atom. The smallest absolute Gasteiger partial charge is 0.224 e. The number of unbranched alkanes of at least 4 members (excludes halogenated alkanes) is 2. The molecule has 0 atom stereocenters. The average Bonchev–Trinajstić information content (AvgIpc) is 2.31. The number of terminal acetylenes is 1. The molecule has 0 bridgehead atoms. The second-order valence-electron chi connectivity index (χ2n) is 3.91. The van der Waals surface area contributed by atoms with Gasteiger partial charge < -0.3 is 10.4 Å². The third kappa shape index (κ3) is 4.20. The highest BCUT2D eigenvalue weighted by molar-refractivity contribution is 5.91. The third-order valence-corrected chi connectivity index (χ3v) is 2.55. The number of carbonyl (C=O) groups excluding carboxylic acids is 1. The van der Waals surface area contributed by atoms with Gasteiger partial charge >= 0.3 is 0 Å². The second-order valence-corrected chi connectivity index (χ2v) is 3.91. The molecule has 3 heteroatoms. The summed E-state index contributed by atoms with van der Waals surface area (Å²) in [6, 6.07) is 5.07. The van der Waals surface area contributed by atoms with Crippen LogP contribution in [0.15, 0.2) is 18.2 Å². The predicted molar refractivity (Wildman–Crippen MR) is 68.8 cm³/mol. The zero-order valence-corrected chi connectivity index (χ0v) is 9.99. The molecule has 0 aliphatic heterocycles. The van der Waals surface area contributed by atoms with E-state index in [0.717, 1.165) is 12.8 Å². The van der Waals surface area contributed by atoms with Crippen LogP contribution in [0.3, 0.4) is 0 Å². The van der Waals surface area contributed by atoms with Gasteiger partial charge in [-0.3, -0.25) is 4.79 Å². The molecule has 1 amide bonds. The van der Waals surface area contributed by atoms with Crippen molar-refractivity contribution in [2.24, 2.45) is 0 Å². The summed E-state index contributed by atoms with van der Waals surface area (Å²) in [6.45, 7) is 1.77. The van der Waals surface area contributed by atoms with Crippen LogP contribution in [0.25, 0.3) is 0 Å². The van der Waals surface area contributed by atoms with Crippen molar-refractivity contribution < 1.29 is 9.90 Å². The Balaban J connectivity index is 2.46. The summed E-state index contributed by atoms with van der Waals surface area (Å²) < 4.78 is 0. The number of phenols is 1. The molecule has 3 nitrogen and oxygen atoms in total. The van der Waals surface area contributed by atoms with Gasteiger partial charge in [0.2, 0.25) is 5.91 Å². The van der Waals surface area contributed by atoms with Crippen molar-refractivity contribution in [3.8, 4) is 18.1 Å². The maximum Gasteiger partial charge on any atom is 0.224 e. The molecule has 0 radical (unpaired) electrons. The van der Waals surface area contributed by atoms with Crippen molar-refractivity contribution in [3.63, 3.8) is 0 Å². The Kier molecular flexibility index (Phi) is 5.09. The quantitative estimate of drug-likeness (QED) is 0.604. The molecular formula is C14H17NO2. The van der Waals surface area contributed by atoms with Gasteiger partial charge in [0.05, 0.1) is 0 Å². The van der Waals surface area contributed by atoms with Gasteiger partial charge in [-0.25, -0.2) is 0 Å². The zero-order valence-electron chi connectivity index (χ0n) is 9.99. The van der Waals surface area contributed by atoms with E-state index < -0.39 is 0 Å². The summed E-state index contributed by atoms with van der Waals surface area (Å²) in [7, 11) is 0. The fourth-order valence-corrected chi connectivity index (χ4v) is 1.48. The van der Waals surface area contributed by atoms with E-state index in [-0.39, 0.29) is 11.7 Å². The van der Waals surface area contributed by atoms with Gasteiger partial charge in [-0.1, -0.05) is 6.07 Å². The Hall–Kier alpha value is -1.95. The second kappa shape index (κ2) is 6.59. The maximum atomic E-state index is 11.6. The fraction of sp³-hybridized carbons (Fsp3) is 0.357. The van der Waals surface area contributed by atoms with Gasteiger partial charge in [-0.05, 0) is 31.9 Å². The summed E-state index contributed by atoms with van der Waals surface area (Å²) >= 11 is 0. The Morgan fingerprint density at radius 3 is 2.94 bits per heavy atom. The molecule has 0 aromatic heterocycles. The highest BCUT2D eigenvalue weighted by atomic mass is 16.3. The van der Waals surface area contributed by atoms with E-state index in [1.807, 2.05) is 0 Å². The lowest BCUT2D eigenvalue weighted by atomic mass is 10.1. The zero-order chi connectivity index (χ0) is 12.7. The van der Waals surface area contributed by atoms with E-state index in [0.29, 0.717) is 24.1 Å². The maximum absolute atomic E-state index is 11.6. The Bertz CT molecular complexity index is 432. The van der Waals surface area contributed by atoms with Crippen molar-refractivity contribution in [2.45, 2.75) is 32.6 Å². The minimum absolute atomic E-state index is 0.0456. The fourth-order valence-electron chi connectivity index (χ4n) is 1.48. The molecule has 2 N–H and O–H groups in total. The van der Waals surface area contributed by atoms with Gasteiger partial charge in [0.25, 0.3) is 0 Å². The molecular weight excluding hydrogens is 214 g/mol. The van der Waals surface area contributed by atoms with Gasteiger partial charge in [0, 0.05) is 24.1 Å². The molecule has 0 unspecified atom stereocenters. The van der Waals surface area contributed by atoms with Crippen LogP contribution in [0.4, 0.5) is 5.69 Å². The molecule has 0 spiro atoms. The molecule has 1 aromatic rings. The summed E-state index contributed by atoms with van der Waals surface area (Å²) in [5.74, 6) is 2.69. The van der Waals surface area contributed by atoms with Crippen LogP contribution in [0.5, 0.6) is 5.75 Å². The first-order chi connectivity index (χ1) is 8.15. The number of rotatable bonds is 5.